The quantitative estimate of drug-likeness (QED) is 0.808. The summed E-state index contributed by atoms with van der Waals surface area (Å²) in [6.07, 6.45) is 0.210. The fourth-order valence-electron chi connectivity index (χ4n) is 1.95. The Morgan fingerprint density at radius 2 is 1.95 bits per heavy atom. The van der Waals surface area contributed by atoms with Crippen molar-refractivity contribution in [3.8, 4) is 0 Å². The number of halogens is 1. The average Bonchev–Trinajstić information content (AvgIpc) is 2.59. The zero-order chi connectivity index (χ0) is 14.2. The first-order valence-electron chi connectivity index (χ1n) is 5.92. The molecule has 100 valence electrons. The normalized spacial score (nSPS) is 10.8. The Balaban J connectivity index is 2.33. The van der Waals surface area contributed by atoms with Crippen LogP contribution in [0.5, 0.6) is 0 Å². The molecule has 2 heterocycles. The largest absolute Gasteiger partial charge is 0.294 e. The van der Waals surface area contributed by atoms with E-state index in [1.807, 2.05) is 13.8 Å². The van der Waals surface area contributed by atoms with Gasteiger partial charge in [-0.1, -0.05) is 11.6 Å². The molecule has 0 saturated carbocycles. The third-order valence-electron chi connectivity index (χ3n) is 2.99. The number of aromatic nitrogens is 4. The number of nitrogens with zero attached hydrogens (tertiary/aromatic N) is 4. The lowest BCUT2D eigenvalue weighted by Crippen LogP contribution is -2.11. The van der Waals surface area contributed by atoms with Crippen LogP contribution in [0.4, 0.5) is 0 Å². The van der Waals surface area contributed by atoms with Crippen LogP contribution < -0.4 is 0 Å². The Hall–Kier alpha value is -1.75. The maximum absolute atomic E-state index is 12.3. The van der Waals surface area contributed by atoms with Crippen LogP contribution in [0.3, 0.4) is 0 Å². The van der Waals surface area contributed by atoms with Crippen molar-refractivity contribution in [2.24, 2.45) is 7.05 Å². The highest BCUT2D eigenvalue weighted by atomic mass is 35.5. The van der Waals surface area contributed by atoms with E-state index in [0.29, 0.717) is 16.3 Å². The molecule has 0 bridgehead atoms. The number of ketones is 1. The summed E-state index contributed by atoms with van der Waals surface area (Å²) in [5.74, 6) is -0.0274. The summed E-state index contributed by atoms with van der Waals surface area (Å²) in [6.45, 7) is 5.40. The second-order valence-corrected chi connectivity index (χ2v) is 4.93. The summed E-state index contributed by atoms with van der Waals surface area (Å²) < 4.78 is 1.65. The summed E-state index contributed by atoms with van der Waals surface area (Å²) in [5, 5.41) is 12.6. The van der Waals surface area contributed by atoms with Gasteiger partial charge in [0.25, 0.3) is 0 Å². The standard InChI is InChI=1S/C13H15ClN4O/c1-7-5-10(8(2)16-15-7)12(19)6-11-13(14)9(3)17-18(11)4/h5H,6H2,1-4H3. The molecule has 0 unspecified atom stereocenters. The molecular formula is C13H15ClN4O. The van der Waals surface area contributed by atoms with Crippen molar-refractivity contribution in [2.75, 3.05) is 0 Å². The maximum atomic E-state index is 12.3. The van der Waals surface area contributed by atoms with E-state index in [4.69, 9.17) is 11.6 Å². The predicted octanol–water partition coefficient (Wildman–Crippen LogP) is 2.21. The summed E-state index contributed by atoms with van der Waals surface area (Å²) in [5.41, 5.74) is 3.39. The smallest absolute Gasteiger partial charge is 0.170 e. The van der Waals surface area contributed by atoms with Gasteiger partial charge in [0.2, 0.25) is 0 Å². The zero-order valence-corrected chi connectivity index (χ0v) is 12.1. The fourth-order valence-corrected chi connectivity index (χ4v) is 2.18. The van der Waals surface area contributed by atoms with Gasteiger partial charge in [-0.05, 0) is 26.8 Å². The number of Topliss-reactive ketones (excluding diaryl/α,β-unsaturated/α-hetero) is 1. The molecule has 0 aliphatic heterocycles. The van der Waals surface area contributed by atoms with Crippen molar-refractivity contribution >= 4 is 17.4 Å². The van der Waals surface area contributed by atoms with Gasteiger partial charge in [-0.25, -0.2) is 0 Å². The molecule has 0 amide bonds. The lowest BCUT2D eigenvalue weighted by atomic mass is 10.1. The molecule has 0 saturated heterocycles. The van der Waals surface area contributed by atoms with E-state index in [9.17, 15) is 4.79 Å². The van der Waals surface area contributed by atoms with Gasteiger partial charge in [-0.3, -0.25) is 9.48 Å². The highest BCUT2D eigenvalue weighted by molar-refractivity contribution is 6.32. The second-order valence-electron chi connectivity index (χ2n) is 4.55. The summed E-state index contributed by atoms with van der Waals surface area (Å²) >= 11 is 6.15. The van der Waals surface area contributed by atoms with Crippen LogP contribution >= 0.6 is 11.6 Å². The van der Waals surface area contributed by atoms with Crippen molar-refractivity contribution in [1.82, 2.24) is 20.0 Å². The molecule has 2 aromatic heterocycles. The highest BCUT2D eigenvalue weighted by Crippen LogP contribution is 2.21. The van der Waals surface area contributed by atoms with Gasteiger partial charge >= 0.3 is 0 Å². The van der Waals surface area contributed by atoms with E-state index in [-0.39, 0.29) is 12.2 Å². The summed E-state index contributed by atoms with van der Waals surface area (Å²) in [6, 6.07) is 1.75. The van der Waals surface area contributed by atoms with Crippen molar-refractivity contribution < 1.29 is 4.79 Å². The number of hydrogen-bond acceptors (Lipinski definition) is 4. The van der Waals surface area contributed by atoms with Crippen LogP contribution in [0, 0.1) is 20.8 Å². The summed E-state index contributed by atoms with van der Waals surface area (Å²) in [7, 11) is 1.78. The molecule has 0 aliphatic carbocycles. The molecule has 6 heteroatoms. The minimum atomic E-state index is -0.0274. The van der Waals surface area contributed by atoms with Crippen molar-refractivity contribution in [2.45, 2.75) is 27.2 Å². The fraction of sp³-hybridized carbons (Fsp3) is 0.385. The third-order valence-corrected chi connectivity index (χ3v) is 3.48. The summed E-state index contributed by atoms with van der Waals surface area (Å²) in [4.78, 5) is 12.3. The first-order chi connectivity index (χ1) is 8.90. The van der Waals surface area contributed by atoms with E-state index < -0.39 is 0 Å². The molecule has 19 heavy (non-hydrogen) atoms. The molecule has 2 aromatic rings. The van der Waals surface area contributed by atoms with E-state index in [0.717, 1.165) is 17.1 Å². The molecule has 2 rings (SSSR count). The van der Waals surface area contributed by atoms with Gasteiger partial charge in [0.15, 0.2) is 5.78 Å². The van der Waals surface area contributed by atoms with Crippen LogP contribution in [0.1, 0.15) is 33.1 Å². The molecule has 0 atom stereocenters. The molecule has 0 aliphatic rings. The van der Waals surface area contributed by atoms with Gasteiger partial charge in [0, 0.05) is 12.6 Å². The zero-order valence-electron chi connectivity index (χ0n) is 11.4. The lowest BCUT2D eigenvalue weighted by Gasteiger charge is -2.05. The van der Waals surface area contributed by atoms with Crippen LogP contribution in [-0.4, -0.2) is 25.8 Å². The second kappa shape index (κ2) is 5.09. The van der Waals surface area contributed by atoms with Crippen LogP contribution in [0.15, 0.2) is 6.07 Å². The minimum Gasteiger partial charge on any atom is -0.294 e. The SMILES string of the molecule is Cc1cc(C(=O)Cc2c(Cl)c(C)nn2C)c(C)nn1. The Morgan fingerprint density at radius 1 is 1.26 bits per heavy atom. The minimum absolute atomic E-state index is 0.0274. The highest BCUT2D eigenvalue weighted by Gasteiger charge is 2.18. The first-order valence-corrected chi connectivity index (χ1v) is 6.30. The number of carbonyl (C=O) groups excluding carboxylic acids is 1. The van der Waals surface area contributed by atoms with Crippen LogP contribution in [0.25, 0.3) is 0 Å². The van der Waals surface area contributed by atoms with Gasteiger partial charge in [0.05, 0.1) is 34.2 Å². The van der Waals surface area contributed by atoms with E-state index in [2.05, 4.69) is 15.3 Å². The molecule has 0 radical (unpaired) electrons. The Morgan fingerprint density at radius 3 is 2.53 bits per heavy atom. The molecule has 0 spiro atoms. The number of hydrogen-bond donors (Lipinski definition) is 0. The number of rotatable bonds is 3. The maximum Gasteiger partial charge on any atom is 0.170 e. The van der Waals surface area contributed by atoms with Gasteiger partial charge in [-0.15, -0.1) is 0 Å². The Bertz CT molecular complexity index is 648. The molecule has 5 nitrogen and oxygen atoms in total. The predicted molar refractivity (Wildman–Crippen MR) is 72.5 cm³/mol. The molecule has 0 N–H and O–H groups in total. The monoisotopic (exact) mass is 278 g/mol. The number of aryl methyl sites for hydroxylation is 4. The third kappa shape index (κ3) is 2.66. The van der Waals surface area contributed by atoms with E-state index >= 15 is 0 Å². The van der Waals surface area contributed by atoms with Crippen LogP contribution in [-0.2, 0) is 13.5 Å². The van der Waals surface area contributed by atoms with Crippen molar-refractivity contribution in [3.63, 3.8) is 0 Å². The lowest BCUT2D eigenvalue weighted by molar-refractivity contribution is 0.0989. The van der Waals surface area contributed by atoms with Gasteiger partial charge < -0.3 is 0 Å². The van der Waals surface area contributed by atoms with Crippen LogP contribution in [0.2, 0.25) is 5.02 Å². The van der Waals surface area contributed by atoms with Gasteiger partial charge in [-0.2, -0.15) is 15.3 Å². The van der Waals surface area contributed by atoms with Crippen molar-refractivity contribution in [1.29, 1.82) is 0 Å². The van der Waals surface area contributed by atoms with E-state index in [1.54, 1.807) is 24.7 Å². The molecule has 0 fully saturated rings. The topological polar surface area (TPSA) is 60.7 Å². The molecular weight excluding hydrogens is 264 g/mol. The molecule has 0 aromatic carbocycles. The van der Waals surface area contributed by atoms with Crippen molar-refractivity contribution in [3.05, 3.63) is 39.4 Å². The first kappa shape index (κ1) is 13.7. The Labute approximate surface area is 116 Å². The van der Waals surface area contributed by atoms with Gasteiger partial charge in [0.1, 0.15) is 0 Å². The van der Waals surface area contributed by atoms with E-state index in [1.165, 1.54) is 0 Å². The number of carbonyl (C=O) groups is 1. The Kier molecular flexibility index (Phi) is 3.66. The average molecular weight is 279 g/mol.